The van der Waals surface area contributed by atoms with Gasteiger partial charge in [0.2, 0.25) is 5.91 Å². The number of amides is 1. The molecule has 0 radical (unpaired) electrons. The van der Waals surface area contributed by atoms with E-state index in [-0.39, 0.29) is 16.7 Å². The van der Waals surface area contributed by atoms with Crippen molar-refractivity contribution < 1.29 is 4.79 Å². The van der Waals surface area contributed by atoms with E-state index in [9.17, 15) is 4.79 Å². The molecule has 1 amide bonds. The second kappa shape index (κ2) is 15.1. The number of rotatable bonds is 6. The quantitative estimate of drug-likeness (QED) is 0.177. The summed E-state index contributed by atoms with van der Waals surface area (Å²) in [4.78, 5) is 11.2. The van der Waals surface area contributed by atoms with Crippen LogP contribution in [0.15, 0.2) is 188 Å². The smallest absolute Gasteiger partial charge is 0.221 e. The summed E-state index contributed by atoms with van der Waals surface area (Å²) in [5, 5.41) is 6.34. The average Bonchev–Trinajstić information content (AvgIpc) is 3.64. The van der Waals surface area contributed by atoms with E-state index in [0.29, 0.717) is 0 Å². The van der Waals surface area contributed by atoms with Gasteiger partial charge in [0.25, 0.3) is 0 Å². The van der Waals surface area contributed by atoms with Crippen LogP contribution in [-0.2, 0) is 15.6 Å². The van der Waals surface area contributed by atoms with Gasteiger partial charge in [0.1, 0.15) is 0 Å². The number of hydrogen-bond acceptors (Lipinski definition) is 2. The van der Waals surface area contributed by atoms with Crippen LogP contribution in [0.25, 0.3) is 55.6 Å². The summed E-state index contributed by atoms with van der Waals surface area (Å²) in [6.07, 6.45) is 0. The molecule has 2 aliphatic rings. The van der Waals surface area contributed by atoms with Crippen LogP contribution in [0.5, 0.6) is 0 Å². The van der Waals surface area contributed by atoms with Crippen LogP contribution in [0.1, 0.15) is 56.9 Å². The van der Waals surface area contributed by atoms with Gasteiger partial charge < -0.3 is 10.6 Å². The molecule has 10 rings (SSSR count). The Morgan fingerprint density at radius 1 is 0.356 bits per heavy atom. The average molecular weight is 765 g/mol. The molecule has 59 heavy (non-hydrogen) atoms. The first-order valence-electron chi connectivity index (χ1n) is 20.5. The maximum atomic E-state index is 11.2. The number of carbonyl (C=O) groups is 1. The van der Waals surface area contributed by atoms with Crippen LogP contribution in [-0.4, -0.2) is 5.91 Å². The molecule has 288 valence electrons. The number of nitrogens with one attached hydrogen (secondary N) is 2. The Balaban J connectivity index is 0.000000160. The van der Waals surface area contributed by atoms with E-state index < -0.39 is 0 Å². The van der Waals surface area contributed by atoms with Gasteiger partial charge >= 0.3 is 0 Å². The molecule has 0 unspecified atom stereocenters. The highest BCUT2D eigenvalue weighted by Gasteiger charge is 2.36. The number of anilines is 3. The molecule has 0 saturated heterocycles. The molecule has 2 aliphatic carbocycles. The highest BCUT2D eigenvalue weighted by Crippen LogP contribution is 2.51. The van der Waals surface area contributed by atoms with E-state index in [1.54, 1.807) is 0 Å². The molecule has 0 aromatic heterocycles. The molecule has 0 heterocycles. The van der Waals surface area contributed by atoms with Crippen molar-refractivity contribution >= 4 is 23.0 Å². The van der Waals surface area contributed by atoms with Gasteiger partial charge in [-0.1, -0.05) is 167 Å². The van der Waals surface area contributed by atoms with Crippen LogP contribution in [0.4, 0.5) is 17.1 Å². The van der Waals surface area contributed by atoms with Crippen molar-refractivity contribution in [2.24, 2.45) is 0 Å². The maximum Gasteiger partial charge on any atom is 0.221 e. The minimum absolute atomic E-state index is 0.0120. The van der Waals surface area contributed by atoms with Crippen molar-refractivity contribution in [2.45, 2.75) is 45.4 Å². The second-order valence-corrected chi connectivity index (χ2v) is 16.8. The highest BCUT2D eigenvalue weighted by atomic mass is 16.1. The predicted molar refractivity (Wildman–Crippen MR) is 248 cm³/mol. The molecule has 0 spiro atoms. The summed E-state index contributed by atoms with van der Waals surface area (Å²) in [7, 11) is 0. The number of carbonyl (C=O) groups excluding carboxylic acids is 1. The van der Waals surface area contributed by atoms with Gasteiger partial charge in [-0.2, -0.15) is 0 Å². The lowest BCUT2D eigenvalue weighted by Gasteiger charge is -2.22. The third-order valence-electron chi connectivity index (χ3n) is 12.2. The molecule has 3 heteroatoms. The van der Waals surface area contributed by atoms with E-state index in [0.717, 1.165) is 22.6 Å². The Hall–Kier alpha value is -6.97. The molecule has 3 nitrogen and oxygen atoms in total. The van der Waals surface area contributed by atoms with Crippen LogP contribution in [0, 0.1) is 0 Å². The minimum Gasteiger partial charge on any atom is -0.356 e. The van der Waals surface area contributed by atoms with Gasteiger partial charge in [-0.3, -0.25) is 4.79 Å². The molecule has 0 aliphatic heterocycles. The molecule has 8 aromatic carbocycles. The summed E-state index contributed by atoms with van der Waals surface area (Å²) in [5.74, 6) is -0.0511. The monoisotopic (exact) mass is 764 g/mol. The summed E-state index contributed by atoms with van der Waals surface area (Å²) in [5.41, 5.74) is 21.3. The largest absolute Gasteiger partial charge is 0.356 e. The number of fused-ring (bicyclic) bond motifs is 6. The van der Waals surface area contributed by atoms with Crippen molar-refractivity contribution in [1.82, 2.24) is 0 Å². The fourth-order valence-electron chi connectivity index (χ4n) is 9.01. The van der Waals surface area contributed by atoms with Gasteiger partial charge in [-0.05, 0) is 126 Å². The number of hydrogen-bond donors (Lipinski definition) is 2. The van der Waals surface area contributed by atoms with E-state index in [4.69, 9.17) is 0 Å². The van der Waals surface area contributed by atoms with Gasteiger partial charge in [0, 0.05) is 34.8 Å². The minimum atomic E-state index is -0.0511. The van der Waals surface area contributed by atoms with Crippen LogP contribution >= 0.6 is 0 Å². The Labute approximate surface area is 348 Å². The van der Waals surface area contributed by atoms with Crippen molar-refractivity contribution in [1.29, 1.82) is 0 Å². The van der Waals surface area contributed by atoms with E-state index in [2.05, 4.69) is 208 Å². The molecule has 8 aromatic rings. The SMILES string of the molecule is CC(=O)Nc1ccc(-c2ccc3c(c2)C(C)(C)c2ccccc2-3)cc1.CC1(C)c2ccccc2-c2ccc(-c3ccc(Nc4ccc(-c5ccccc5)cc4)cc3)cc21. The zero-order valence-electron chi connectivity index (χ0n) is 34.3. The maximum absolute atomic E-state index is 11.2. The summed E-state index contributed by atoms with van der Waals surface area (Å²) < 4.78 is 0. The lowest BCUT2D eigenvalue weighted by atomic mass is 9.81. The Morgan fingerprint density at radius 2 is 0.695 bits per heavy atom. The lowest BCUT2D eigenvalue weighted by Crippen LogP contribution is -2.14. The highest BCUT2D eigenvalue weighted by molar-refractivity contribution is 5.89. The van der Waals surface area contributed by atoms with Gasteiger partial charge in [-0.15, -0.1) is 0 Å². The normalized spacial score (nSPS) is 13.5. The molecule has 2 N–H and O–H groups in total. The van der Waals surface area contributed by atoms with Crippen LogP contribution in [0.3, 0.4) is 0 Å². The van der Waals surface area contributed by atoms with Crippen LogP contribution in [0.2, 0.25) is 0 Å². The lowest BCUT2D eigenvalue weighted by molar-refractivity contribution is -0.114. The van der Waals surface area contributed by atoms with Crippen LogP contribution < -0.4 is 10.6 Å². The molecular weight excluding hydrogens is 717 g/mol. The van der Waals surface area contributed by atoms with Gasteiger partial charge in [0.15, 0.2) is 0 Å². The van der Waals surface area contributed by atoms with Gasteiger partial charge in [0.05, 0.1) is 0 Å². The van der Waals surface area contributed by atoms with Gasteiger partial charge in [-0.25, -0.2) is 0 Å². The fraction of sp³-hybridized carbons (Fsp3) is 0.125. The Morgan fingerprint density at radius 3 is 1.14 bits per heavy atom. The molecule has 0 atom stereocenters. The van der Waals surface area contributed by atoms with E-state index >= 15 is 0 Å². The van der Waals surface area contributed by atoms with E-state index in [1.165, 1.54) is 79.2 Å². The fourth-order valence-corrected chi connectivity index (χ4v) is 9.01. The first-order chi connectivity index (χ1) is 28.6. The number of benzene rings is 8. The Kier molecular flexibility index (Phi) is 9.61. The standard InChI is InChI=1S/C33H27N.C23H21NO/c1-33(2)31-11-7-6-10-29(31)30-21-16-26(22-32(30)33)25-14-19-28(20-15-25)34-27-17-12-24(13-18-27)23-8-4-3-5-9-23;1-15(25)24-18-11-8-16(9-12-18)17-10-13-20-19-6-4-5-7-21(19)23(2,3)22(20)14-17/h3-22,34H,1-2H3;4-14H,1-3H3,(H,24,25). The topological polar surface area (TPSA) is 41.1 Å². The summed E-state index contributed by atoms with van der Waals surface area (Å²) in [6.45, 7) is 10.8. The van der Waals surface area contributed by atoms with E-state index in [1.807, 2.05) is 18.2 Å². The Bertz CT molecular complexity index is 2810. The zero-order valence-corrected chi connectivity index (χ0v) is 34.3. The van der Waals surface area contributed by atoms with Crippen molar-refractivity contribution in [3.63, 3.8) is 0 Å². The van der Waals surface area contributed by atoms with Crippen molar-refractivity contribution in [3.8, 4) is 55.6 Å². The second-order valence-electron chi connectivity index (χ2n) is 16.8. The summed E-state index contributed by atoms with van der Waals surface area (Å²) in [6, 6.07) is 66.9. The first-order valence-corrected chi connectivity index (χ1v) is 20.5. The molecule has 0 saturated carbocycles. The molecular formula is C56H48N2O. The summed E-state index contributed by atoms with van der Waals surface area (Å²) >= 11 is 0. The van der Waals surface area contributed by atoms with Crippen molar-refractivity contribution in [2.75, 3.05) is 10.6 Å². The molecule has 0 bridgehead atoms. The third-order valence-corrected chi connectivity index (χ3v) is 12.2. The van der Waals surface area contributed by atoms with Crippen molar-refractivity contribution in [3.05, 3.63) is 210 Å². The zero-order chi connectivity index (χ0) is 40.7. The molecule has 0 fully saturated rings. The first kappa shape index (κ1) is 37.6. The third kappa shape index (κ3) is 7.15. The predicted octanol–water partition coefficient (Wildman–Crippen LogP) is 14.7.